The lowest BCUT2D eigenvalue weighted by Gasteiger charge is -2.09. The van der Waals surface area contributed by atoms with Gasteiger partial charge in [0.15, 0.2) is 23.3 Å². The molecule has 1 N–H and O–H groups in total. The fraction of sp³-hybridized carbons (Fsp3) is 0.455. The minimum Gasteiger partial charge on any atom is -0.380 e. The Hall–Kier alpha value is -0.910. The van der Waals surface area contributed by atoms with Crippen molar-refractivity contribution in [2.24, 2.45) is 0 Å². The van der Waals surface area contributed by atoms with Crippen LogP contribution >= 0.6 is 11.8 Å². The largest absolute Gasteiger partial charge is 0.380 e. The number of rotatable bonds is 6. The molecule has 0 aliphatic carbocycles. The zero-order chi connectivity index (χ0) is 12.8. The van der Waals surface area contributed by atoms with Crippen LogP contribution < -0.4 is 5.32 Å². The van der Waals surface area contributed by atoms with E-state index in [-0.39, 0.29) is 12.6 Å². The maximum absolute atomic E-state index is 13.2. The summed E-state index contributed by atoms with van der Waals surface area (Å²) in [5.74, 6) is -3.77. The Morgan fingerprint density at radius 3 is 2.24 bits per heavy atom. The van der Waals surface area contributed by atoms with E-state index in [1.54, 1.807) is 11.8 Å². The highest BCUT2D eigenvalue weighted by molar-refractivity contribution is 7.99. The molecular formula is C11H13F4NS. The molecule has 1 nitrogen and oxygen atoms in total. The van der Waals surface area contributed by atoms with Crippen molar-refractivity contribution >= 4 is 17.4 Å². The topological polar surface area (TPSA) is 12.0 Å². The molecule has 0 spiro atoms. The molecule has 0 unspecified atom stereocenters. The molecule has 0 aromatic heterocycles. The average molecular weight is 267 g/mol. The van der Waals surface area contributed by atoms with E-state index in [1.165, 1.54) is 0 Å². The third-order valence-electron chi connectivity index (χ3n) is 2.08. The Labute approximate surface area is 102 Å². The zero-order valence-corrected chi connectivity index (χ0v) is 10.1. The first kappa shape index (κ1) is 14.2. The molecule has 17 heavy (non-hydrogen) atoms. The molecule has 1 aromatic carbocycles. The smallest absolute Gasteiger partial charge is 0.185 e. The summed E-state index contributed by atoms with van der Waals surface area (Å²) in [6, 6.07) is 0.197. The van der Waals surface area contributed by atoms with Crippen LogP contribution in [0.3, 0.4) is 0 Å². The number of thioether (sulfide) groups is 1. The maximum Gasteiger partial charge on any atom is 0.185 e. The maximum atomic E-state index is 13.2. The van der Waals surface area contributed by atoms with Crippen LogP contribution in [0.2, 0.25) is 0 Å². The second-order valence-corrected chi connectivity index (χ2v) is 4.71. The second kappa shape index (κ2) is 6.74. The first-order chi connectivity index (χ1) is 8.07. The van der Waals surface area contributed by atoms with Crippen LogP contribution in [0, 0.1) is 23.3 Å². The third-order valence-corrected chi connectivity index (χ3v) is 3.07. The van der Waals surface area contributed by atoms with Crippen LogP contribution in [0.15, 0.2) is 6.07 Å². The van der Waals surface area contributed by atoms with Crippen molar-refractivity contribution in [2.45, 2.75) is 13.3 Å². The minimum atomic E-state index is -1.39. The Balaban J connectivity index is 2.64. The van der Waals surface area contributed by atoms with Gasteiger partial charge in [0.25, 0.3) is 0 Å². The molecule has 0 bridgehead atoms. The molecule has 6 heteroatoms. The van der Waals surface area contributed by atoms with E-state index in [2.05, 4.69) is 5.32 Å². The molecule has 0 aliphatic rings. The van der Waals surface area contributed by atoms with E-state index in [0.717, 1.165) is 11.5 Å². The SMILES string of the molecule is CCSCCCNc1c(F)c(F)cc(F)c1F. The molecule has 0 atom stereocenters. The fourth-order valence-electron chi connectivity index (χ4n) is 1.26. The average Bonchev–Trinajstić information content (AvgIpc) is 2.30. The van der Waals surface area contributed by atoms with Crippen molar-refractivity contribution in [1.29, 1.82) is 0 Å². The van der Waals surface area contributed by atoms with Gasteiger partial charge in [-0.1, -0.05) is 6.92 Å². The molecule has 0 aliphatic heterocycles. The third kappa shape index (κ3) is 3.80. The molecule has 0 fully saturated rings. The molecule has 0 saturated carbocycles. The number of hydrogen-bond donors (Lipinski definition) is 1. The summed E-state index contributed by atoms with van der Waals surface area (Å²) in [4.78, 5) is 0. The van der Waals surface area contributed by atoms with Gasteiger partial charge in [0.05, 0.1) is 0 Å². The van der Waals surface area contributed by atoms with Gasteiger partial charge in [-0.2, -0.15) is 11.8 Å². The summed E-state index contributed by atoms with van der Waals surface area (Å²) in [7, 11) is 0. The van der Waals surface area contributed by atoms with E-state index < -0.39 is 29.0 Å². The van der Waals surface area contributed by atoms with Gasteiger partial charge in [-0.3, -0.25) is 0 Å². The van der Waals surface area contributed by atoms with Crippen molar-refractivity contribution in [3.8, 4) is 0 Å². The van der Waals surface area contributed by atoms with Gasteiger partial charge in [-0.15, -0.1) is 0 Å². The second-order valence-electron chi connectivity index (χ2n) is 3.32. The van der Waals surface area contributed by atoms with Crippen molar-refractivity contribution in [2.75, 3.05) is 23.4 Å². The van der Waals surface area contributed by atoms with Gasteiger partial charge in [-0.25, -0.2) is 17.6 Å². The molecule has 0 heterocycles. The van der Waals surface area contributed by atoms with Gasteiger partial charge < -0.3 is 5.32 Å². The van der Waals surface area contributed by atoms with E-state index in [1.807, 2.05) is 6.92 Å². The zero-order valence-electron chi connectivity index (χ0n) is 9.33. The van der Waals surface area contributed by atoms with Crippen LogP contribution in [0.5, 0.6) is 0 Å². The monoisotopic (exact) mass is 267 g/mol. The summed E-state index contributed by atoms with van der Waals surface area (Å²) in [6.07, 6.45) is 0.662. The first-order valence-electron chi connectivity index (χ1n) is 5.22. The summed E-state index contributed by atoms with van der Waals surface area (Å²) >= 11 is 1.68. The highest BCUT2D eigenvalue weighted by Crippen LogP contribution is 2.24. The summed E-state index contributed by atoms with van der Waals surface area (Å²) < 4.78 is 52.0. The number of hydrogen-bond acceptors (Lipinski definition) is 2. The number of benzene rings is 1. The Morgan fingerprint density at radius 1 is 1.12 bits per heavy atom. The summed E-state index contributed by atoms with van der Waals surface area (Å²) in [5.41, 5.74) is -0.732. The molecule has 96 valence electrons. The van der Waals surface area contributed by atoms with E-state index in [4.69, 9.17) is 0 Å². The lowest BCUT2D eigenvalue weighted by molar-refractivity contribution is 0.458. The van der Waals surface area contributed by atoms with E-state index in [0.29, 0.717) is 6.42 Å². The van der Waals surface area contributed by atoms with Gasteiger partial charge in [0.2, 0.25) is 0 Å². The summed E-state index contributed by atoms with van der Waals surface area (Å²) in [6.45, 7) is 2.27. The van der Waals surface area contributed by atoms with Crippen molar-refractivity contribution in [1.82, 2.24) is 0 Å². The Kier molecular flexibility index (Phi) is 5.61. The predicted octanol–water partition coefficient (Wildman–Crippen LogP) is 3.80. The van der Waals surface area contributed by atoms with Crippen molar-refractivity contribution in [3.63, 3.8) is 0 Å². The quantitative estimate of drug-likeness (QED) is 0.478. The fourth-order valence-corrected chi connectivity index (χ4v) is 1.90. The molecule has 0 amide bonds. The van der Waals surface area contributed by atoms with Crippen molar-refractivity contribution < 1.29 is 17.6 Å². The van der Waals surface area contributed by atoms with Crippen molar-refractivity contribution in [3.05, 3.63) is 29.3 Å². The number of anilines is 1. The molecule has 1 rings (SSSR count). The highest BCUT2D eigenvalue weighted by Gasteiger charge is 2.18. The Bertz CT molecular complexity index is 358. The highest BCUT2D eigenvalue weighted by atomic mass is 32.2. The van der Waals surface area contributed by atoms with Gasteiger partial charge in [0.1, 0.15) is 5.69 Å². The standard InChI is InChI=1S/C11H13F4NS/c1-2-17-5-3-4-16-11-9(14)7(12)6-8(13)10(11)15/h6,16H,2-5H2,1H3. The normalized spacial score (nSPS) is 10.6. The van der Waals surface area contributed by atoms with Gasteiger partial charge >= 0.3 is 0 Å². The Morgan fingerprint density at radius 2 is 1.71 bits per heavy atom. The molecular weight excluding hydrogens is 254 g/mol. The van der Waals surface area contributed by atoms with Crippen LogP contribution in [-0.2, 0) is 0 Å². The molecule has 1 aromatic rings. The molecule has 0 saturated heterocycles. The minimum absolute atomic E-state index is 0.197. The lowest BCUT2D eigenvalue weighted by atomic mass is 10.2. The lowest BCUT2D eigenvalue weighted by Crippen LogP contribution is -2.09. The van der Waals surface area contributed by atoms with Gasteiger partial charge in [-0.05, 0) is 17.9 Å². The number of nitrogens with one attached hydrogen (secondary N) is 1. The van der Waals surface area contributed by atoms with Crippen LogP contribution in [0.1, 0.15) is 13.3 Å². The van der Waals surface area contributed by atoms with Gasteiger partial charge in [0, 0.05) is 12.6 Å². The van der Waals surface area contributed by atoms with Crippen LogP contribution in [0.25, 0.3) is 0 Å². The number of halogens is 4. The van der Waals surface area contributed by atoms with E-state index >= 15 is 0 Å². The predicted molar refractivity (Wildman–Crippen MR) is 62.4 cm³/mol. The first-order valence-corrected chi connectivity index (χ1v) is 6.38. The van der Waals surface area contributed by atoms with Crippen LogP contribution in [-0.4, -0.2) is 18.1 Å². The summed E-state index contributed by atoms with van der Waals surface area (Å²) in [5, 5.41) is 2.38. The van der Waals surface area contributed by atoms with Crippen LogP contribution in [0.4, 0.5) is 23.2 Å². The van der Waals surface area contributed by atoms with E-state index in [9.17, 15) is 17.6 Å². The molecule has 0 radical (unpaired) electrons.